The Morgan fingerprint density at radius 3 is 2.58 bits per heavy atom. The summed E-state index contributed by atoms with van der Waals surface area (Å²) in [6, 6.07) is 13.5. The van der Waals surface area contributed by atoms with Gasteiger partial charge in [0.25, 0.3) is 10.0 Å². The van der Waals surface area contributed by atoms with Crippen LogP contribution in [-0.2, 0) is 10.0 Å². The molecule has 0 saturated heterocycles. The largest absolute Gasteiger partial charge is 0.495 e. The number of nitrogens with one attached hydrogen (secondary N) is 1. The van der Waals surface area contributed by atoms with E-state index in [4.69, 9.17) is 21.1 Å². The lowest BCUT2D eigenvalue weighted by atomic mass is 10.1. The van der Waals surface area contributed by atoms with Crippen molar-refractivity contribution in [3.8, 4) is 23.4 Å². The topological polar surface area (TPSA) is 119 Å². The van der Waals surface area contributed by atoms with Gasteiger partial charge in [-0.2, -0.15) is 15.0 Å². The smallest absolute Gasteiger partial charge is 0.266 e. The number of pyridine rings is 1. The number of hydrogen-bond donors (Lipinski definition) is 1. The zero-order valence-corrected chi connectivity index (χ0v) is 19.4. The van der Waals surface area contributed by atoms with E-state index in [0.717, 1.165) is 10.9 Å². The molecule has 0 amide bonds. The van der Waals surface area contributed by atoms with Crippen molar-refractivity contribution < 1.29 is 17.9 Å². The molecule has 0 bridgehead atoms. The van der Waals surface area contributed by atoms with E-state index >= 15 is 0 Å². The summed E-state index contributed by atoms with van der Waals surface area (Å²) in [4.78, 5) is 4.44. The summed E-state index contributed by atoms with van der Waals surface area (Å²) < 4.78 is 40.7. The zero-order valence-electron chi connectivity index (χ0n) is 17.8. The number of anilines is 1. The first-order valence-electron chi connectivity index (χ1n) is 9.58. The van der Waals surface area contributed by atoms with Gasteiger partial charge >= 0.3 is 0 Å². The van der Waals surface area contributed by atoms with Crippen LogP contribution in [0.15, 0.2) is 53.6 Å². The molecule has 0 unspecified atom stereocenters. The Hall–Kier alpha value is -3.81. The van der Waals surface area contributed by atoms with Gasteiger partial charge in [0.2, 0.25) is 0 Å². The Labute approximate surface area is 195 Å². The van der Waals surface area contributed by atoms with Gasteiger partial charge in [-0.05, 0) is 42.8 Å². The lowest BCUT2D eigenvalue weighted by Crippen LogP contribution is -2.18. The van der Waals surface area contributed by atoms with Gasteiger partial charge in [0.05, 0.1) is 20.4 Å². The number of sulfonamides is 1. The normalized spacial score (nSPS) is 11.2. The minimum Gasteiger partial charge on any atom is -0.495 e. The Balaban J connectivity index is 1.88. The lowest BCUT2D eigenvalue weighted by Gasteiger charge is -2.14. The number of para-hydroxylation sites is 1. The Bertz CT molecular complexity index is 1530. The standard InChI is InChI=1S/C22H18ClN5O4S/c1-13-9-20(26-21-16(13)5-4-6-18(21)32-3)28-22(14(11-24)12-25-28)27-33(29,30)19-10-15(23)7-8-17(19)31-2/h4-10,12,27H,1-3H3. The molecular formula is C22H18ClN5O4S. The predicted molar refractivity (Wildman–Crippen MR) is 124 cm³/mol. The summed E-state index contributed by atoms with van der Waals surface area (Å²) in [6.07, 6.45) is 1.26. The van der Waals surface area contributed by atoms with Crippen LogP contribution in [-0.4, -0.2) is 37.4 Å². The third-order valence-corrected chi connectivity index (χ3v) is 6.56. The molecule has 0 fully saturated rings. The van der Waals surface area contributed by atoms with E-state index in [0.29, 0.717) is 17.1 Å². The van der Waals surface area contributed by atoms with Crippen molar-refractivity contribution in [2.45, 2.75) is 11.8 Å². The highest BCUT2D eigenvalue weighted by molar-refractivity contribution is 7.92. The number of ether oxygens (including phenoxy) is 2. The van der Waals surface area contributed by atoms with Crippen LogP contribution in [0.3, 0.4) is 0 Å². The number of benzene rings is 2. The number of methoxy groups -OCH3 is 2. The van der Waals surface area contributed by atoms with E-state index in [1.807, 2.05) is 25.1 Å². The molecule has 0 aliphatic carbocycles. The number of nitriles is 1. The highest BCUT2D eigenvalue weighted by atomic mass is 35.5. The highest BCUT2D eigenvalue weighted by Crippen LogP contribution is 2.32. The fourth-order valence-corrected chi connectivity index (χ4v) is 4.89. The Morgan fingerprint density at radius 2 is 1.88 bits per heavy atom. The lowest BCUT2D eigenvalue weighted by molar-refractivity contribution is 0.403. The van der Waals surface area contributed by atoms with Crippen LogP contribution in [0.2, 0.25) is 5.02 Å². The molecule has 4 aromatic rings. The average molecular weight is 484 g/mol. The van der Waals surface area contributed by atoms with Gasteiger partial charge in [0, 0.05) is 10.4 Å². The maximum atomic E-state index is 13.2. The molecule has 2 aromatic carbocycles. The second-order valence-electron chi connectivity index (χ2n) is 6.98. The quantitative estimate of drug-likeness (QED) is 0.439. The van der Waals surface area contributed by atoms with Gasteiger partial charge in [-0.25, -0.2) is 13.4 Å². The van der Waals surface area contributed by atoms with Crippen molar-refractivity contribution in [3.05, 3.63) is 64.8 Å². The van der Waals surface area contributed by atoms with E-state index in [9.17, 15) is 13.7 Å². The second kappa shape index (κ2) is 8.61. The summed E-state index contributed by atoms with van der Waals surface area (Å²) in [5, 5.41) is 14.9. The summed E-state index contributed by atoms with van der Waals surface area (Å²) in [5.41, 5.74) is 1.46. The third kappa shape index (κ3) is 4.04. The van der Waals surface area contributed by atoms with E-state index in [2.05, 4.69) is 14.8 Å². The molecule has 0 radical (unpaired) electrons. The van der Waals surface area contributed by atoms with Gasteiger partial charge in [-0.1, -0.05) is 23.7 Å². The van der Waals surface area contributed by atoms with E-state index < -0.39 is 10.0 Å². The van der Waals surface area contributed by atoms with Crippen LogP contribution in [0.25, 0.3) is 16.7 Å². The number of aromatic nitrogens is 3. The summed E-state index contributed by atoms with van der Waals surface area (Å²) >= 11 is 6.01. The number of fused-ring (bicyclic) bond motifs is 1. The van der Waals surface area contributed by atoms with Crippen molar-refractivity contribution in [1.29, 1.82) is 5.26 Å². The van der Waals surface area contributed by atoms with Crippen LogP contribution in [0.1, 0.15) is 11.1 Å². The van der Waals surface area contributed by atoms with Gasteiger partial charge in [0.1, 0.15) is 33.5 Å². The summed E-state index contributed by atoms with van der Waals surface area (Å²) in [7, 11) is -1.31. The van der Waals surface area contributed by atoms with Crippen LogP contribution in [0.5, 0.6) is 11.5 Å². The molecule has 0 spiro atoms. The maximum Gasteiger partial charge on any atom is 0.266 e. The second-order valence-corrected chi connectivity index (χ2v) is 9.07. The average Bonchev–Trinajstić information content (AvgIpc) is 3.20. The molecule has 2 aromatic heterocycles. The molecule has 0 saturated carbocycles. The molecule has 168 valence electrons. The predicted octanol–water partition coefficient (Wildman–Crippen LogP) is 4.07. The minimum atomic E-state index is -4.20. The van der Waals surface area contributed by atoms with Crippen molar-refractivity contribution in [3.63, 3.8) is 0 Å². The van der Waals surface area contributed by atoms with Crippen LogP contribution in [0, 0.1) is 18.3 Å². The fourth-order valence-electron chi connectivity index (χ4n) is 3.39. The molecule has 0 aliphatic heterocycles. The number of nitrogens with zero attached hydrogens (tertiary/aromatic N) is 4. The van der Waals surface area contributed by atoms with Gasteiger partial charge < -0.3 is 9.47 Å². The molecule has 33 heavy (non-hydrogen) atoms. The SMILES string of the molecule is COc1ccc(Cl)cc1S(=O)(=O)Nc1c(C#N)cnn1-c1cc(C)c2cccc(OC)c2n1. The van der Waals surface area contributed by atoms with Gasteiger partial charge in [-0.3, -0.25) is 4.72 Å². The van der Waals surface area contributed by atoms with E-state index in [-0.39, 0.29) is 27.0 Å². The Kier molecular flexibility index (Phi) is 5.84. The van der Waals surface area contributed by atoms with E-state index in [1.165, 1.54) is 43.3 Å². The molecular weight excluding hydrogens is 466 g/mol. The number of halogens is 1. The van der Waals surface area contributed by atoms with Crippen molar-refractivity contribution >= 4 is 38.3 Å². The number of aryl methyl sites for hydroxylation is 1. The van der Waals surface area contributed by atoms with Crippen LogP contribution >= 0.6 is 11.6 Å². The molecule has 11 heteroatoms. The first-order valence-corrected chi connectivity index (χ1v) is 11.4. The summed E-state index contributed by atoms with van der Waals surface area (Å²) in [6.45, 7) is 1.89. The monoisotopic (exact) mass is 483 g/mol. The number of rotatable bonds is 6. The Morgan fingerprint density at radius 1 is 1.12 bits per heavy atom. The molecule has 4 rings (SSSR count). The van der Waals surface area contributed by atoms with Crippen LogP contribution < -0.4 is 14.2 Å². The fraction of sp³-hybridized carbons (Fsp3) is 0.136. The van der Waals surface area contributed by atoms with Crippen molar-refractivity contribution in [2.75, 3.05) is 18.9 Å². The van der Waals surface area contributed by atoms with Gasteiger partial charge in [0.15, 0.2) is 11.6 Å². The van der Waals surface area contributed by atoms with Crippen LogP contribution in [0.4, 0.5) is 5.82 Å². The molecule has 2 heterocycles. The first kappa shape index (κ1) is 22.4. The van der Waals surface area contributed by atoms with Gasteiger partial charge in [-0.15, -0.1) is 0 Å². The minimum absolute atomic E-state index is 0.0131. The molecule has 0 aliphatic rings. The molecule has 9 nitrogen and oxygen atoms in total. The number of hydrogen-bond acceptors (Lipinski definition) is 7. The molecule has 0 atom stereocenters. The van der Waals surface area contributed by atoms with E-state index in [1.54, 1.807) is 12.1 Å². The zero-order chi connectivity index (χ0) is 23.8. The van der Waals surface area contributed by atoms with Crippen molar-refractivity contribution in [1.82, 2.24) is 14.8 Å². The summed E-state index contributed by atoms with van der Waals surface area (Å²) in [5.74, 6) is 0.888. The van der Waals surface area contributed by atoms with Crippen molar-refractivity contribution in [2.24, 2.45) is 0 Å². The third-order valence-electron chi connectivity index (χ3n) is 4.97. The molecule has 1 N–H and O–H groups in total. The highest BCUT2D eigenvalue weighted by Gasteiger charge is 2.25. The first-order chi connectivity index (χ1) is 15.8. The maximum absolute atomic E-state index is 13.2.